The second-order valence-corrected chi connectivity index (χ2v) is 5.61. The fraction of sp³-hybridized carbons (Fsp3) is 0.176. The molecule has 2 amide bonds. The molecular formula is C17H15ClN2O2. The molecule has 0 aromatic heterocycles. The predicted octanol–water partition coefficient (Wildman–Crippen LogP) is 2.76. The quantitative estimate of drug-likeness (QED) is 0.883. The van der Waals surface area contributed by atoms with Crippen LogP contribution in [0.1, 0.15) is 12.0 Å². The molecule has 1 N–H and O–H groups in total. The lowest BCUT2D eigenvalue weighted by atomic mass is 10.2. The average molecular weight is 315 g/mol. The average Bonchev–Trinajstić information content (AvgIpc) is 2.80. The van der Waals surface area contributed by atoms with Gasteiger partial charge < -0.3 is 5.32 Å². The molecule has 0 radical (unpaired) electrons. The Hall–Kier alpha value is -2.17. The molecular weight excluding hydrogens is 300 g/mol. The summed E-state index contributed by atoms with van der Waals surface area (Å²) in [5.41, 5.74) is 1.59. The number of halogens is 1. The van der Waals surface area contributed by atoms with Gasteiger partial charge in [0.25, 0.3) is 5.91 Å². The molecule has 0 bridgehead atoms. The van der Waals surface area contributed by atoms with Crippen LogP contribution in [0.5, 0.6) is 0 Å². The van der Waals surface area contributed by atoms with Crippen LogP contribution in [0.25, 0.3) is 0 Å². The van der Waals surface area contributed by atoms with Crippen LogP contribution >= 0.6 is 11.6 Å². The van der Waals surface area contributed by atoms with E-state index >= 15 is 0 Å². The second-order valence-electron chi connectivity index (χ2n) is 5.17. The van der Waals surface area contributed by atoms with Gasteiger partial charge in [-0.1, -0.05) is 41.9 Å². The van der Waals surface area contributed by atoms with E-state index in [2.05, 4.69) is 5.32 Å². The van der Waals surface area contributed by atoms with Crippen LogP contribution < -0.4 is 10.2 Å². The molecule has 2 aromatic carbocycles. The van der Waals surface area contributed by atoms with Crippen molar-refractivity contribution >= 4 is 29.1 Å². The molecule has 0 unspecified atom stereocenters. The molecule has 4 nitrogen and oxygen atoms in total. The highest BCUT2D eigenvalue weighted by Gasteiger charge is 2.39. The molecule has 0 spiro atoms. The number of nitrogens with zero attached hydrogens (tertiary/aromatic N) is 1. The van der Waals surface area contributed by atoms with Crippen molar-refractivity contribution in [2.24, 2.45) is 0 Å². The lowest BCUT2D eigenvalue weighted by Gasteiger charge is -2.15. The van der Waals surface area contributed by atoms with Crippen molar-refractivity contribution in [1.29, 1.82) is 0 Å². The van der Waals surface area contributed by atoms with Crippen molar-refractivity contribution in [1.82, 2.24) is 5.32 Å². The number of benzene rings is 2. The van der Waals surface area contributed by atoms with Gasteiger partial charge in [0.2, 0.25) is 5.91 Å². The van der Waals surface area contributed by atoms with E-state index in [1.807, 2.05) is 36.4 Å². The smallest absolute Gasteiger partial charge is 0.251 e. The summed E-state index contributed by atoms with van der Waals surface area (Å²) in [7, 11) is 0. The molecule has 1 atom stereocenters. The first-order chi connectivity index (χ1) is 10.6. The van der Waals surface area contributed by atoms with Crippen LogP contribution in [-0.4, -0.2) is 17.9 Å². The molecule has 2 aromatic rings. The van der Waals surface area contributed by atoms with Crippen molar-refractivity contribution in [3.05, 3.63) is 65.2 Å². The van der Waals surface area contributed by atoms with E-state index in [1.54, 1.807) is 18.2 Å². The SMILES string of the molecule is O=C1C[C@H](NCc2cccc(Cl)c2)C(=O)N1c1ccccc1. The standard InChI is InChI=1S/C17H15ClN2O2/c18-13-6-4-5-12(9-13)11-19-15-10-16(21)20(17(15)22)14-7-2-1-3-8-14/h1-9,15,19H,10-11H2/t15-/m0/s1. The fourth-order valence-electron chi connectivity index (χ4n) is 2.53. The number of para-hydroxylation sites is 1. The van der Waals surface area contributed by atoms with Crippen LogP contribution in [0.15, 0.2) is 54.6 Å². The number of rotatable bonds is 4. The maximum absolute atomic E-state index is 12.4. The Morgan fingerprint density at radius 2 is 1.86 bits per heavy atom. The summed E-state index contributed by atoms with van der Waals surface area (Å²) < 4.78 is 0. The topological polar surface area (TPSA) is 49.4 Å². The van der Waals surface area contributed by atoms with Crippen LogP contribution in [0.2, 0.25) is 5.02 Å². The molecule has 1 aliphatic heterocycles. The summed E-state index contributed by atoms with van der Waals surface area (Å²) in [4.78, 5) is 25.8. The number of carbonyl (C=O) groups excluding carboxylic acids is 2. The van der Waals surface area contributed by atoms with Gasteiger partial charge in [-0.05, 0) is 29.8 Å². The number of imide groups is 1. The summed E-state index contributed by atoms with van der Waals surface area (Å²) in [5.74, 6) is -0.391. The number of carbonyl (C=O) groups is 2. The summed E-state index contributed by atoms with van der Waals surface area (Å²) in [6.07, 6.45) is 0.175. The van der Waals surface area contributed by atoms with E-state index in [4.69, 9.17) is 11.6 Å². The van der Waals surface area contributed by atoms with Crippen LogP contribution in [0.3, 0.4) is 0 Å². The molecule has 1 heterocycles. The zero-order valence-electron chi connectivity index (χ0n) is 11.8. The third kappa shape index (κ3) is 3.03. The van der Waals surface area contributed by atoms with Crippen molar-refractivity contribution in [3.8, 4) is 0 Å². The van der Waals surface area contributed by atoms with Gasteiger partial charge in [-0.25, -0.2) is 4.90 Å². The van der Waals surface area contributed by atoms with E-state index in [9.17, 15) is 9.59 Å². The second kappa shape index (κ2) is 6.30. The Morgan fingerprint density at radius 3 is 2.59 bits per heavy atom. The van der Waals surface area contributed by atoms with Gasteiger partial charge >= 0.3 is 0 Å². The van der Waals surface area contributed by atoms with Crippen molar-refractivity contribution in [2.45, 2.75) is 19.0 Å². The molecule has 0 aliphatic carbocycles. The zero-order valence-corrected chi connectivity index (χ0v) is 12.6. The van der Waals surface area contributed by atoms with Crippen LogP contribution in [-0.2, 0) is 16.1 Å². The fourth-order valence-corrected chi connectivity index (χ4v) is 2.74. The summed E-state index contributed by atoms with van der Waals surface area (Å²) in [6, 6.07) is 15.9. The largest absolute Gasteiger partial charge is 0.301 e. The highest BCUT2D eigenvalue weighted by Crippen LogP contribution is 2.22. The minimum Gasteiger partial charge on any atom is -0.301 e. The molecule has 1 fully saturated rings. The third-order valence-corrected chi connectivity index (χ3v) is 3.84. The molecule has 0 saturated carbocycles. The first kappa shape index (κ1) is 14.8. The number of hydrogen-bond acceptors (Lipinski definition) is 3. The van der Waals surface area contributed by atoms with Crippen molar-refractivity contribution < 1.29 is 9.59 Å². The Morgan fingerprint density at radius 1 is 1.09 bits per heavy atom. The van der Waals surface area contributed by atoms with E-state index < -0.39 is 6.04 Å². The highest BCUT2D eigenvalue weighted by molar-refractivity contribution is 6.30. The number of nitrogens with one attached hydrogen (secondary N) is 1. The number of anilines is 1. The van der Waals surface area contributed by atoms with Gasteiger partial charge in [-0.2, -0.15) is 0 Å². The monoisotopic (exact) mass is 314 g/mol. The molecule has 112 valence electrons. The van der Waals surface area contributed by atoms with E-state index in [-0.39, 0.29) is 18.2 Å². The Kier molecular flexibility index (Phi) is 4.22. The number of amides is 2. The lowest BCUT2D eigenvalue weighted by Crippen LogP contribution is -2.38. The minimum absolute atomic E-state index is 0.175. The normalized spacial score (nSPS) is 18.0. The molecule has 1 aliphatic rings. The third-order valence-electron chi connectivity index (χ3n) is 3.60. The Labute approximate surface area is 133 Å². The zero-order chi connectivity index (χ0) is 15.5. The van der Waals surface area contributed by atoms with Gasteiger partial charge in [0.05, 0.1) is 18.2 Å². The molecule has 3 rings (SSSR count). The van der Waals surface area contributed by atoms with Crippen LogP contribution in [0.4, 0.5) is 5.69 Å². The summed E-state index contributed by atoms with van der Waals surface area (Å²) >= 11 is 5.94. The molecule has 22 heavy (non-hydrogen) atoms. The van der Waals surface area contributed by atoms with E-state index in [0.717, 1.165) is 5.56 Å². The first-order valence-electron chi connectivity index (χ1n) is 7.05. The highest BCUT2D eigenvalue weighted by atomic mass is 35.5. The van der Waals surface area contributed by atoms with Gasteiger partial charge in [0.15, 0.2) is 0 Å². The minimum atomic E-state index is -0.494. The maximum Gasteiger partial charge on any atom is 0.251 e. The van der Waals surface area contributed by atoms with Gasteiger partial charge in [-0.3, -0.25) is 9.59 Å². The maximum atomic E-state index is 12.4. The molecule has 5 heteroatoms. The van der Waals surface area contributed by atoms with E-state index in [1.165, 1.54) is 4.90 Å². The van der Waals surface area contributed by atoms with Gasteiger partial charge in [0.1, 0.15) is 0 Å². The molecule has 1 saturated heterocycles. The van der Waals surface area contributed by atoms with Crippen molar-refractivity contribution in [2.75, 3.05) is 4.90 Å². The van der Waals surface area contributed by atoms with Crippen LogP contribution in [0, 0.1) is 0 Å². The first-order valence-corrected chi connectivity index (χ1v) is 7.42. The Bertz CT molecular complexity index is 703. The van der Waals surface area contributed by atoms with Gasteiger partial charge in [-0.15, -0.1) is 0 Å². The predicted molar refractivity (Wildman–Crippen MR) is 85.6 cm³/mol. The van der Waals surface area contributed by atoms with Crippen molar-refractivity contribution in [3.63, 3.8) is 0 Å². The Balaban J connectivity index is 1.69. The number of hydrogen-bond donors (Lipinski definition) is 1. The lowest BCUT2D eigenvalue weighted by molar-refractivity contribution is -0.121. The van der Waals surface area contributed by atoms with Gasteiger partial charge in [0, 0.05) is 11.6 Å². The van der Waals surface area contributed by atoms with E-state index in [0.29, 0.717) is 17.3 Å². The summed E-state index contributed by atoms with van der Waals surface area (Å²) in [6.45, 7) is 0.493. The summed E-state index contributed by atoms with van der Waals surface area (Å²) in [5, 5.41) is 3.79.